The smallest absolute Gasteiger partial charge is 0.305 e. The summed E-state index contributed by atoms with van der Waals surface area (Å²) < 4.78 is 0. The summed E-state index contributed by atoms with van der Waals surface area (Å²) in [6.45, 7) is 14.1. The van der Waals surface area contributed by atoms with E-state index in [-0.39, 0.29) is 69.4 Å². The van der Waals surface area contributed by atoms with E-state index in [1.165, 1.54) is 25.7 Å². The number of rotatable bonds is 45. The monoisotopic (exact) mass is 1480 g/mol. The molecule has 14 atom stereocenters. The van der Waals surface area contributed by atoms with Crippen LogP contribution in [0, 0.1) is 23.7 Å². The van der Waals surface area contributed by atoms with Crippen LogP contribution in [-0.2, 0) is 91.1 Å². The largest absolute Gasteiger partial charge is 0.481 e. The molecular weight excluding hydrogens is 1380 g/mol. The number of aliphatic hydroxyl groups is 2. The van der Waals surface area contributed by atoms with Gasteiger partial charge in [-0.05, 0) is 88.4 Å². The predicted molar refractivity (Wildman–Crippen MR) is 358 cm³/mol. The first-order chi connectivity index (χ1) is 48.4. The highest BCUT2D eigenvalue weighted by Gasteiger charge is 2.44. The Hall–Kier alpha value is -10.1. The molecule has 2 aliphatic rings. The standard InChI is InChI=1S/C64H102N14O26/c1-28(2)23-38(72-61(101)49(30(5)6)66-33(10)81)56(96)73-40(24-29(3)4)63(103)77-21-11-13-42(77)59(99)71-39(26-48(90)91)57(97)75-50(31(7)8)62(102)69-36(17-20-46(86)87)55(95)76-51(32(9)80)64(104)78-22-12-14-43(78)60(100)74-41(27-79)58(98)68-34(15-18-44(82)83)53(93)67-35(16-19-45(84)85)54(94)70-37(52(65)92)25-47(88)89/h28-32,34-43,49-51,79-80H,11-27H2,1-10H3,(H2,65,92)(H,66,81)(H,67,93)(H,68,98)(H,69,102)(H,70,94)(H,71,99)(H,72,101)(H,73,96)(H,74,100)(H,75,97)(H,76,95)(H,82,83)(H,84,85)(H,86,87)(H,88,89)(H,90,91)/t32-,34+,35+,36+,37+,38+,39+,40+,41+,42+,43+,49+,50+,51+/m1/s1. The molecule has 2 fully saturated rings. The maximum atomic E-state index is 14.5. The Morgan fingerprint density at radius 2 is 0.712 bits per heavy atom. The summed E-state index contributed by atoms with van der Waals surface area (Å²) in [5.74, 6) is -24.3. The number of nitrogens with zero attached hydrogens (tertiary/aromatic N) is 2. The molecule has 2 heterocycles. The Kier molecular flexibility index (Phi) is 37.3. The van der Waals surface area contributed by atoms with Crippen LogP contribution in [0.25, 0.3) is 0 Å². The molecule has 0 radical (unpaired) electrons. The molecule has 2 saturated heterocycles. The molecule has 0 aromatic carbocycles. The molecule has 0 spiro atoms. The highest BCUT2D eigenvalue weighted by Crippen LogP contribution is 2.23. The van der Waals surface area contributed by atoms with Gasteiger partial charge in [-0.2, -0.15) is 0 Å². The highest BCUT2D eigenvalue weighted by atomic mass is 16.4. The van der Waals surface area contributed by atoms with E-state index in [4.69, 9.17) is 10.8 Å². The molecule has 2 rings (SSSR count). The van der Waals surface area contributed by atoms with Crippen molar-refractivity contribution < 1.29 is 127 Å². The lowest BCUT2D eigenvalue weighted by molar-refractivity contribution is -0.145. The van der Waals surface area contributed by atoms with Crippen LogP contribution in [-0.4, -0.2) is 262 Å². The Bertz CT molecular complexity index is 3150. The number of aliphatic carboxylic acids is 5. The Morgan fingerprint density at radius 1 is 0.385 bits per heavy atom. The fourth-order valence-electron chi connectivity index (χ4n) is 11.3. The van der Waals surface area contributed by atoms with Gasteiger partial charge in [-0.1, -0.05) is 55.4 Å². The fraction of sp³-hybridized carbons (Fsp3) is 0.703. The Morgan fingerprint density at radius 3 is 1.10 bits per heavy atom. The van der Waals surface area contributed by atoms with E-state index in [2.05, 4.69) is 53.2 Å². The lowest BCUT2D eigenvalue weighted by Gasteiger charge is -2.32. The van der Waals surface area contributed by atoms with E-state index >= 15 is 0 Å². The molecule has 0 unspecified atom stereocenters. The minimum Gasteiger partial charge on any atom is -0.481 e. The number of nitrogens with one attached hydrogen (secondary N) is 11. The maximum absolute atomic E-state index is 14.5. The zero-order chi connectivity index (χ0) is 79.3. The first-order valence-electron chi connectivity index (χ1n) is 34.0. The van der Waals surface area contributed by atoms with Crippen LogP contribution >= 0.6 is 0 Å². The maximum Gasteiger partial charge on any atom is 0.305 e. The second kappa shape index (κ2) is 43.1. The number of carboxylic acid groups (broad SMARTS) is 5. The quantitative estimate of drug-likeness (QED) is 0.0270. The minimum absolute atomic E-state index is 0.0117. The van der Waals surface area contributed by atoms with Gasteiger partial charge >= 0.3 is 29.8 Å². The van der Waals surface area contributed by atoms with Crippen molar-refractivity contribution in [2.24, 2.45) is 29.4 Å². The van der Waals surface area contributed by atoms with Crippen molar-refractivity contribution >= 4 is 113 Å². The SMILES string of the molecule is CC(=O)N[C@H](C(=O)N[C@@H](CC(C)C)C(=O)N[C@@H](CC(C)C)C(=O)N1CCC[C@H]1C(=O)N[C@@H](CC(=O)O)C(=O)N[C@H](C(=O)N[C@@H](CCC(=O)O)C(=O)N[C@H](C(=O)N1CCC[C@H]1C(=O)N[C@@H](CO)C(=O)N[C@@H](CCC(=O)O)C(=O)N[C@@H](CCC(=O)O)C(=O)N[C@@H](CC(=O)O)C(N)=O)[C@@H](C)O)C(C)C)C(C)C. The molecule has 2 aliphatic heterocycles. The summed E-state index contributed by atoms with van der Waals surface area (Å²) in [4.78, 5) is 252. The molecule has 0 aliphatic carbocycles. The molecule has 0 aromatic rings. The molecular formula is C64H102N14O26. The lowest BCUT2D eigenvalue weighted by Crippen LogP contribution is -2.62. The van der Waals surface area contributed by atoms with Crippen LogP contribution in [0.2, 0.25) is 0 Å². The molecule has 14 amide bonds. The van der Waals surface area contributed by atoms with Gasteiger partial charge in [0.25, 0.3) is 0 Å². The van der Waals surface area contributed by atoms with Gasteiger partial charge in [0, 0.05) is 39.3 Å². The van der Waals surface area contributed by atoms with Crippen LogP contribution in [0.5, 0.6) is 0 Å². The Balaban J connectivity index is 2.39. The van der Waals surface area contributed by atoms with Gasteiger partial charge in [0.15, 0.2) is 0 Å². The van der Waals surface area contributed by atoms with Gasteiger partial charge < -0.3 is 110 Å². The third kappa shape index (κ3) is 30.0. The number of hydrogen-bond acceptors (Lipinski definition) is 21. The number of likely N-dealkylation sites (tertiary alicyclic amines) is 2. The summed E-state index contributed by atoms with van der Waals surface area (Å²) in [7, 11) is 0. The zero-order valence-electron chi connectivity index (χ0n) is 59.8. The summed E-state index contributed by atoms with van der Waals surface area (Å²) in [6.07, 6.45) is -8.23. The molecule has 0 aromatic heterocycles. The third-order valence-corrected chi connectivity index (χ3v) is 16.6. The number of hydrogen-bond donors (Lipinski definition) is 19. The van der Waals surface area contributed by atoms with Crippen LogP contribution in [0.4, 0.5) is 0 Å². The third-order valence-electron chi connectivity index (χ3n) is 16.6. The van der Waals surface area contributed by atoms with Crippen LogP contribution in [0.1, 0.15) is 159 Å². The second-order valence-electron chi connectivity index (χ2n) is 27.1. The first kappa shape index (κ1) is 89.9. The number of aliphatic hydroxyl groups excluding tert-OH is 2. The van der Waals surface area contributed by atoms with Crippen molar-refractivity contribution in [3.8, 4) is 0 Å². The summed E-state index contributed by atoms with van der Waals surface area (Å²) >= 11 is 0. The fourth-order valence-corrected chi connectivity index (χ4v) is 11.3. The van der Waals surface area contributed by atoms with Crippen molar-refractivity contribution in [1.29, 1.82) is 0 Å². The molecule has 104 heavy (non-hydrogen) atoms. The number of nitrogens with two attached hydrogens (primary N) is 1. The average molecular weight is 1480 g/mol. The summed E-state index contributed by atoms with van der Waals surface area (Å²) in [5.41, 5.74) is 5.18. The van der Waals surface area contributed by atoms with Crippen molar-refractivity contribution in [3.05, 3.63) is 0 Å². The van der Waals surface area contributed by atoms with Crippen LogP contribution in [0.3, 0.4) is 0 Å². The van der Waals surface area contributed by atoms with Gasteiger partial charge in [-0.3, -0.25) is 91.1 Å². The molecule has 20 N–H and O–H groups in total. The van der Waals surface area contributed by atoms with Gasteiger partial charge in [0.05, 0.1) is 25.6 Å². The van der Waals surface area contributed by atoms with E-state index in [0.29, 0.717) is 0 Å². The van der Waals surface area contributed by atoms with Gasteiger partial charge in [0.1, 0.15) is 78.5 Å². The average Bonchev–Trinajstić information content (AvgIpc) is 1.83. The predicted octanol–water partition coefficient (Wildman–Crippen LogP) is -5.87. The van der Waals surface area contributed by atoms with E-state index in [1.807, 2.05) is 5.32 Å². The van der Waals surface area contributed by atoms with E-state index in [9.17, 15) is 122 Å². The van der Waals surface area contributed by atoms with Gasteiger partial charge in [-0.15, -0.1) is 0 Å². The number of primary amides is 1. The first-order valence-corrected chi connectivity index (χ1v) is 34.0. The van der Waals surface area contributed by atoms with Gasteiger partial charge in [0.2, 0.25) is 82.7 Å². The van der Waals surface area contributed by atoms with Crippen molar-refractivity contribution in [3.63, 3.8) is 0 Å². The second-order valence-corrected chi connectivity index (χ2v) is 27.1. The topological polar surface area (TPSA) is 631 Å². The van der Waals surface area contributed by atoms with Crippen molar-refractivity contribution in [1.82, 2.24) is 68.3 Å². The number of carbonyl (C=O) groups is 19. The molecule has 584 valence electrons. The zero-order valence-corrected chi connectivity index (χ0v) is 59.8. The van der Waals surface area contributed by atoms with E-state index < -0.39 is 261 Å². The minimum atomic E-state index is -2.00. The number of carbonyl (C=O) groups excluding carboxylic acids is 14. The lowest BCUT2D eigenvalue weighted by atomic mass is 9.98. The Labute approximate surface area is 598 Å². The van der Waals surface area contributed by atoms with Gasteiger partial charge in [-0.25, -0.2) is 0 Å². The number of carboxylic acids is 5. The van der Waals surface area contributed by atoms with Crippen LogP contribution in [0.15, 0.2) is 0 Å². The van der Waals surface area contributed by atoms with Crippen molar-refractivity contribution in [2.45, 2.75) is 244 Å². The van der Waals surface area contributed by atoms with E-state index in [0.717, 1.165) is 11.8 Å². The molecule has 0 saturated carbocycles. The highest BCUT2D eigenvalue weighted by molar-refractivity contribution is 6.01. The number of amides is 14. The normalized spacial score (nSPS) is 17.7. The summed E-state index contributed by atoms with van der Waals surface area (Å²) in [5, 5.41) is 94.4. The molecule has 0 bridgehead atoms. The molecule has 40 nitrogen and oxygen atoms in total. The van der Waals surface area contributed by atoms with Crippen LogP contribution < -0.4 is 64.2 Å². The summed E-state index contributed by atoms with van der Waals surface area (Å²) in [6, 6.07) is -21.5. The van der Waals surface area contributed by atoms with E-state index in [1.54, 1.807) is 41.5 Å². The van der Waals surface area contributed by atoms with Crippen molar-refractivity contribution in [2.75, 3.05) is 19.7 Å². The molecule has 40 heteroatoms.